The highest BCUT2D eigenvalue weighted by molar-refractivity contribution is 9.10. The number of aryl methyl sites for hydroxylation is 4. The second kappa shape index (κ2) is 6.02. The summed E-state index contributed by atoms with van der Waals surface area (Å²) in [6.07, 6.45) is 0. The molecule has 0 saturated carbocycles. The SMILES string of the molecule is Cc1cc(C)c(-c2c(Nc3ccc(Br)c(C)c3)c(=O)c2=O)cc1C. The molecule has 4 heteroatoms. The lowest BCUT2D eigenvalue weighted by Gasteiger charge is -2.17. The number of hydrogen-bond acceptors (Lipinski definition) is 3. The Balaban J connectivity index is 2.08. The number of benzene rings is 2. The lowest BCUT2D eigenvalue weighted by atomic mass is 9.91. The van der Waals surface area contributed by atoms with E-state index >= 15 is 0 Å². The Labute approximate surface area is 149 Å². The quantitative estimate of drug-likeness (QED) is 0.667. The second-order valence-electron chi connectivity index (χ2n) is 6.25. The minimum Gasteiger partial charge on any atom is -0.352 e. The molecule has 3 aromatic rings. The Morgan fingerprint density at radius 1 is 0.792 bits per heavy atom. The summed E-state index contributed by atoms with van der Waals surface area (Å²) in [5.74, 6) is 0. The summed E-state index contributed by atoms with van der Waals surface area (Å²) in [5, 5.41) is 3.12. The highest BCUT2D eigenvalue weighted by Crippen LogP contribution is 2.31. The van der Waals surface area contributed by atoms with Crippen molar-refractivity contribution in [3.8, 4) is 11.1 Å². The molecule has 0 fully saturated rings. The van der Waals surface area contributed by atoms with Gasteiger partial charge < -0.3 is 5.32 Å². The number of hydrogen-bond donors (Lipinski definition) is 1. The van der Waals surface area contributed by atoms with Gasteiger partial charge in [0.2, 0.25) is 5.43 Å². The van der Waals surface area contributed by atoms with Crippen molar-refractivity contribution in [3.05, 3.63) is 77.5 Å². The largest absolute Gasteiger partial charge is 0.352 e. The molecule has 24 heavy (non-hydrogen) atoms. The van der Waals surface area contributed by atoms with E-state index in [4.69, 9.17) is 0 Å². The van der Waals surface area contributed by atoms with Crippen molar-refractivity contribution in [2.45, 2.75) is 27.7 Å². The zero-order valence-electron chi connectivity index (χ0n) is 14.1. The van der Waals surface area contributed by atoms with Crippen molar-refractivity contribution in [3.63, 3.8) is 0 Å². The fourth-order valence-corrected chi connectivity index (χ4v) is 3.11. The van der Waals surface area contributed by atoms with E-state index in [1.165, 1.54) is 5.56 Å². The summed E-state index contributed by atoms with van der Waals surface area (Å²) < 4.78 is 1.00. The summed E-state index contributed by atoms with van der Waals surface area (Å²) >= 11 is 3.46. The van der Waals surface area contributed by atoms with Crippen molar-refractivity contribution in [2.75, 3.05) is 5.32 Å². The molecule has 1 N–H and O–H groups in total. The average molecular weight is 384 g/mol. The van der Waals surface area contributed by atoms with Gasteiger partial charge in [-0.05, 0) is 73.7 Å². The summed E-state index contributed by atoms with van der Waals surface area (Å²) in [6, 6.07) is 9.78. The van der Waals surface area contributed by atoms with Gasteiger partial charge in [0.15, 0.2) is 0 Å². The first-order valence-electron chi connectivity index (χ1n) is 7.74. The van der Waals surface area contributed by atoms with E-state index in [-0.39, 0.29) is 0 Å². The van der Waals surface area contributed by atoms with E-state index in [2.05, 4.69) is 27.3 Å². The van der Waals surface area contributed by atoms with Crippen LogP contribution in [0.2, 0.25) is 0 Å². The van der Waals surface area contributed by atoms with Crippen LogP contribution in [0.4, 0.5) is 11.4 Å². The van der Waals surface area contributed by atoms with Gasteiger partial charge in [0, 0.05) is 10.2 Å². The first-order chi connectivity index (χ1) is 11.3. The van der Waals surface area contributed by atoms with Crippen LogP contribution in [0.3, 0.4) is 0 Å². The molecule has 0 aliphatic heterocycles. The molecule has 0 aliphatic carbocycles. The van der Waals surface area contributed by atoms with Crippen LogP contribution in [0.5, 0.6) is 0 Å². The third-order valence-electron chi connectivity index (χ3n) is 4.45. The Morgan fingerprint density at radius 3 is 2.12 bits per heavy atom. The van der Waals surface area contributed by atoms with Gasteiger partial charge in [-0.1, -0.05) is 28.1 Å². The van der Waals surface area contributed by atoms with Gasteiger partial charge in [0.05, 0.1) is 5.56 Å². The summed E-state index contributed by atoms with van der Waals surface area (Å²) in [4.78, 5) is 24.3. The fourth-order valence-electron chi connectivity index (χ4n) is 2.86. The first kappa shape index (κ1) is 16.7. The molecule has 0 atom stereocenters. The van der Waals surface area contributed by atoms with Crippen molar-refractivity contribution in [1.29, 1.82) is 0 Å². The molecule has 0 bridgehead atoms. The van der Waals surface area contributed by atoms with Crippen molar-refractivity contribution in [1.82, 2.24) is 0 Å². The number of rotatable bonds is 3. The molecule has 0 aromatic heterocycles. The average Bonchev–Trinajstić information content (AvgIpc) is 2.54. The third kappa shape index (κ3) is 2.71. The minimum absolute atomic E-state index is 0.382. The zero-order chi connectivity index (χ0) is 17.6. The third-order valence-corrected chi connectivity index (χ3v) is 5.34. The van der Waals surface area contributed by atoms with Crippen LogP contribution in [0, 0.1) is 27.7 Å². The number of halogens is 1. The van der Waals surface area contributed by atoms with Gasteiger partial charge in [-0.25, -0.2) is 0 Å². The van der Waals surface area contributed by atoms with Crippen LogP contribution in [0.15, 0.2) is 44.4 Å². The van der Waals surface area contributed by atoms with Crippen LogP contribution in [0.25, 0.3) is 11.1 Å². The van der Waals surface area contributed by atoms with Gasteiger partial charge in [-0.3, -0.25) is 9.59 Å². The summed E-state index contributed by atoms with van der Waals surface area (Å²) in [7, 11) is 0. The second-order valence-corrected chi connectivity index (χ2v) is 7.10. The van der Waals surface area contributed by atoms with Crippen LogP contribution in [0.1, 0.15) is 22.3 Å². The van der Waals surface area contributed by atoms with Gasteiger partial charge >= 0.3 is 0 Å². The van der Waals surface area contributed by atoms with Crippen LogP contribution in [-0.2, 0) is 0 Å². The van der Waals surface area contributed by atoms with Crippen LogP contribution >= 0.6 is 15.9 Å². The standard InChI is InChI=1S/C20H18BrNO2/c1-10-7-12(3)15(9-11(10)2)17-18(20(24)19(17)23)22-14-5-6-16(21)13(4)8-14/h5-9,22H,1-4H3. The maximum Gasteiger partial charge on any atom is 0.250 e. The predicted octanol–water partition coefficient (Wildman–Crippen LogP) is 4.69. The zero-order valence-corrected chi connectivity index (χ0v) is 15.7. The van der Waals surface area contributed by atoms with Gasteiger partial charge in [0.25, 0.3) is 5.43 Å². The molecule has 0 heterocycles. The Kier molecular flexibility index (Phi) is 4.18. The van der Waals surface area contributed by atoms with E-state index < -0.39 is 10.9 Å². The molecular formula is C20H18BrNO2. The molecule has 122 valence electrons. The molecule has 0 saturated heterocycles. The minimum atomic E-state index is -0.455. The molecule has 3 nitrogen and oxygen atoms in total. The highest BCUT2D eigenvalue weighted by atomic mass is 79.9. The molecule has 0 aliphatic rings. The van der Waals surface area contributed by atoms with Crippen molar-refractivity contribution in [2.24, 2.45) is 0 Å². The first-order valence-corrected chi connectivity index (χ1v) is 8.53. The smallest absolute Gasteiger partial charge is 0.250 e. The normalized spacial score (nSPS) is 11.0. The van der Waals surface area contributed by atoms with Crippen molar-refractivity contribution >= 4 is 27.3 Å². The Hall–Kier alpha value is -2.20. The van der Waals surface area contributed by atoms with E-state index in [0.717, 1.165) is 32.4 Å². The fraction of sp³-hybridized carbons (Fsp3) is 0.200. The Bertz CT molecular complexity index is 1030. The molecule has 0 unspecified atom stereocenters. The van der Waals surface area contributed by atoms with E-state index in [0.29, 0.717) is 11.3 Å². The van der Waals surface area contributed by atoms with Gasteiger partial charge in [-0.15, -0.1) is 0 Å². The number of nitrogens with one attached hydrogen (secondary N) is 1. The monoisotopic (exact) mass is 383 g/mol. The van der Waals surface area contributed by atoms with E-state index in [1.807, 2.05) is 52.0 Å². The van der Waals surface area contributed by atoms with Crippen LogP contribution in [-0.4, -0.2) is 0 Å². The Morgan fingerprint density at radius 2 is 1.46 bits per heavy atom. The van der Waals surface area contributed by atoms with E-state index in [1.54, 1.807) is 0 Å². The maximum absolute atomic E-state index is 12.2. The molecule has 0 radical (unpaired) electrons. The molecule has 0 amide bonds. The highest BCUT2D eigenvalue weighted by Gasteiger charge is 2.24. The van der Waals surface area contributed by atoms with Gasteiger partial charge in [0.1, 0.15) is 5.69 Å². The predicted molar refractivity (Wildman–Crippen MR) is 103 cm³/mol. The summed E-state index contributed by atoms with van der Waals surface area (Å²) in [6.45, 7) is 7.99. The van der Waals surface area contributed by atoms with E-state index in [9.17, 15) is 9.59 Å². The van der Waals surface area contributed by atoms with Gasteiger partial charge in [-0.2, -0.15) is 0 Å². The van der Waals surface area contributed by atoms with Crippen LogP contribution < -0.4 is 16.2 Å². The molecule has 3 aromatic carbocycles. The summed E-state index contributed by atoms with van der Waals surface area (Å²) in [5.41, 5.74) is 5.96. The molecule has 0 spiro atoms. The lowest BCUT2D eigenvalue weighted by Crippen LogP contribution is -2.35. The maximum atomic E-state index is 12.2. The number of anilines is 2. The topological polar surface area (TPSA) is 46.2 Å². The molecule has 3 rings (SSSR count). The molecular weight excluding hydrogens is 366 g/mol. The van der Waals surface area contributed by atoms with Crippen molar-refractivity contribution < 1.29 is 0 Å². The lowest BCUT2D eigenvalue weighted by molar-refractivity contribution is 1.28.